The van der Waals surface area contributed by atoms with Crippen LogP contribution in [0.25, 0.3) is 0 Å². The second kappa shape index (κ2) is 5.36. The van der Waals surface area contributed by atoms with E-state index in [9.17, 15) is 0 Å². The number of aryl methyl sites for hydroxylation is 1. The summed E-state index contributed by atoms with van der Waals surface area (Å²) >= 11 is 0. The van der Waals surface area contributed by atoms with Crippen molar-refractivity contribution in [1.82, 2.24) is 0 Å². The van der Waals surface area contributed by atoms with E-state index in [0.29, 0.717) is 17.9 Å². The van der Waals surface area contributed by atoms with E-state index in [1.54, 1.807) is 6.07 Å². The first-order valence-corrected chi connectivity index (χ1v) is 5.78. The fraction of sp³-hybridized carbons (Fsp3) is 0.133. The molecule has 0 heterocycles. The Morgan fingerprint density at radius 3 is 2.61 bits per heavy atom. The van der Waals surface area contributed by atoms with Crippen LogP contribution in [-0.4, -0.2) is 6.21 Å². The number of ether oxygens (including phenoxy) is 1. The van der Waals surface area contributed by atoms with Crippen LogP contribution in [0.1, 0.15) is 16.7 Å². The highest BCUT2D eigenvalue weighted by Crippen LogP contribution is 2.24. The standard InChI is InChI=1S/C15H16N2O/c1-11-7-14(17)13(9-16)8-15(11)18-10-12-5-3-2-4-6-12/h2-9,16H,10,17H2,1H3. The molecule has 92 valence electrons. The first kappa shape index (κ1) is 12.2. The van der Waals surface area contributed by atoms with Gasteiger partial charge < -0.3 is 15.9 Å². The van der Waals surface area contributed by atoms with Gasteiger partial charge in [0.1, 0.15) is 12.4 Å². The van der Waals surface area contributed by atoms with Crippen molar-refractivity contribution in [3.05, 3.63) is 59.2 Å². The second-order valence-electron chi connectivity index (χ2n) is 4.17. The van der Waals surface area contributed by atoms with E-state index in [1.165, 1.54) is 6.21 Å². The molecule has 0 amide bonds. The van der Waals surface area contributed by atoms with Crippen molar-refractivity contribution in [2.45, 2.75) is 13.5 Å². The molecule has 0 spiro atoms. The molecule has 0 aromatic heterocycles. The Morgan fingerprint density at radius 2 is 1.94 bits per heavy atom. The van der Waals surface area contributed by atoms with Gasteiger partial charge >= 0.3 is 0 Å². The Morgan fingerprint density at radius 1 is 1.22 bits per heavy atom. The Kier molecular flexibility index (Phi) is 3.63. The zero-order valence-corrected chi connectivity index (χ0v) is 10.3. The van der Waals surface area contributed by atoms with Crippen LogP contribution in [-0.2, 0) is 6.61 Å². The molecule has 0 saturated carbocycles. The van der Waals surface area contributed by atoms with Crippen LogP contribution in [0, 0.1) is 12.3 Å². The van der Waals surface area contributed by atoms with Gasteiger partial charge in [0.2, 0.25) is 0 Å². The van der Waals surface area contributed by atoms with E-state index < -0.39 is 0 Å². The molecule has 0 aliphatic heterocycles. The molecule has 3 heteroatoms. The van der Waals surface area contributed by atoms with E-state index >= 15 is 0 Å². The molecule has 0 unspecified atom stereocenters. The van der Waals surface area contributed by atoms with Crippen molar-refractivity contribution in [3.63, 3.8) is 0 Å². The molecule has 2 aromatic carbocycles. The van der Waals surface area contributed by atoms with Crippen LogP contribution >= 0.6 is 0 Å². The molecule has 3 nitrogen and oxygen atoms in total. The Hall–Kier alpha value is -2.29. The van der Waals surface area contributed by atoms with E-state index in [2.05, 4.69) is 0 Å². The van der Waals surface area contributed by atoms with Crippen molar-refractivity contribution in [1.29, 1.82) is 5.41 Å². The average molecular weight is 240 g/mol. The van der Waals surface area contributed by atoms with Gasteiger partial charge in [-0.3, -0.25) is 0 Å². The number of nitrogens with two attached hydrogens (primary N) is 1. The molecule has 0 radical (unpaired) electrons. The normalized spacial score (nSPS) is 10.1. The highest BCUT2D eigenvalue weighted by Gasteiger charge is 2.05. The van der Waals surface area contributed by atoms with Gasteiger partial charge in [-0.1, -0.05) is 30.3 Å². The predicted octanol–water partition coefficient (Wildman–Crippen LogP) is 3.15. The van der Waals surface area contributed by atoms with Gasteiger partial charge in [0.15, 0.2) is 0 Å². The van der Waals surface area contributed by atoms with E-state index in [-0.39, 0.29) is 0 Å². The minimum Gasteiger partial charge on any atom is -0.489 e. The SMILES string of the molecule is Cc1cc(N)c(C=N)cc1OCc1ccccc1. The van der Waals surface area contributed by atoms with Gasteiger partial charge in [0, 0.05) is 17.5 Å². The van der Waals surface area contributed by atoms with Gasteiger partial charge in [0.05, 0.1) is 0 Å². The maximum atomic E-state index is 7.29. The molecule has 0 saturated heterocycles. The van der Waals surface area contributed by atoms with Crippen LogP contribution in [0.2, 0.25) is 0 Å². The fourth-order valence-corrected chi connectivity index (χ4v) is 1.74. The minimum atomic E-state index is 0.517. The molecule has 0 atom stereocenters. The molecular weight excluding hydrogens is 224 g/mol. The molecule has 0 fully saturated rings. The Bertz CT molecular complexity index is 550. The van der Waals surface area contributed by atoms with Crippen LogP contribution in [0.15, 0.2) is 42.5 Å². The molecule has 2 rings (SSSR count). The molecule has 2 aromatic rings. The maximum Gasteiger partial charge on any atom is 0.123 e. The van der Waals surface area contributed by atoms with Gasteiger partial charge in [-0.15, -0.1) is 0 Å². The molecule has 0 bridgehead atoms. The van der Waals surface area contributed by atoms with Gasteiger partial charge in [-0.2, -0.15) is 0 Å². The molecular formula is C15H16N2O. The summed E-state index contributed by atoms with van der Waals surface area (Å²) in [5, 5.41) is 7.29. The zero-order chi connectivity index (χ0) is 13.0. The Labute approximate surface area is 107 Å². The number of hydrogen-bond acceptors (Lipinski definition) is 3. The number of nitrogens with one attached hydrogen (secondary N) is 1. The van der Waals surface area contributed by atoms with Crippen LogP contribution < -0.4 is 10.5 Å². The van der Waals surface area contributed by atoms with Crippen LogP contribution in [0.3, 0.4) is 0 Å². The number of benzene rings is 2. The third-order valence-electron chi connectivity index (χ3n) is 2.77. The van der Waals surface area contributed by atoms with Crippen molar-refractivity contribution in [2.24, 2.45) is 0 Å². The minimum absolute atomic E-state index is 0.517. The van der Waals surface area contributed by atoms with E-state index in [1.807, 2.05) is 43.3 Å². The smallest absolute Gasteiger partial charge is 0.123 e. The van der Waals surface area contributed by atoms with Crippen LogP contribution in [0.4, 0.5) is 5.69 Å². The van der Waals surface area contributed by atoms with Gasteiger partial charge in [-0.25, -0.2) is 0 Å². The topological polar surface area (TPSA) is 59.1 Å². The lowest BCUT2D eigenvalue weighted by Gasteiger charge is -2.11. The van der Waals surface area contributed by atoms with Crippen LogP contribution in [0.5, 0.6) is 5.75 Å². The molecule has 3 N–H and O–H groups in total. The largest absolute Gasteiger partial charge is 0.489 e. The highest BCUT2D eigenvalue weighted by molar-refractivity contribution is 5.86. The summed E-state index contributed by atoms with van der Waals surface area (Å²) in [7, 11) is 0. The lowest BCUT2D eigenvalue weighted by Crippen LogP contribution is -2.00. The summed E-state index contributed by atoms with van der Waals surface area (Å²) in [5.41, 5.74) is 9.19. The fourth-order valence-electron chi connectivity index (χ4n) is 1.74. The van der Waals surface area contributed by atoms with Gasteiger partial charge in [0.25, 0.3) is 0 Å². The number of hydrogen-bond donors (Lipinski definition) is 2. The lowest BCUT2D eigenvalue weighted by atomic mass is 10.1. The molecule has 0 aliphatic carbocycles. The quantitative estimate of drug-likeness (QED) is 0.637. The summed E-state index contributed by atoms with van der Waals surface area (Å²) in [6.45, 7) is 2.47. The summed E-state index contributed by atoms with van der Waals surface area (Å²) in [4.78, 5) is 0. The number of rotatable bonds is 4. The van der Waals surface area contributed by atoms with Gasteiger partial charge in [-0.05, 0) is 30.2 Å². The third kappa shape index (κ3) is 2.69. The molecule has 0 aliphatic rings. The number of anilines is 1. The summed E-state index contributed by atoms with van der Waals surface area (Å²) in [5.74, 6) is 0.770. The van der Waals surface area contributed by atoms with Crippen molar-refractivity contribution in [2.75, 3.05) is 5.73 Å². The van der Waals surface area contributed by atoms with E-state index in [4.69, 9.17) is 15.9 Å². The second-order valence-corrected chi connectivity index (χ2v) is 4.17. The Balaban J connectivity index is 2.17. The molecule has 18 heavy (non-hydrogen) atoms. The summed E-state index contributed by atoms with van der Waals surface area (Å²) in [6, 6.07) is 13.6. The highest BCUT2D eigenvalue weighted by atomic mass is 16.5. The lowest BCUT2D eigenvalue weighted by molar-refractivity contribution is 0.304. The van der Waals surface area contributed by atoms with Crippen molar-refractivity contribution < 1.29 is 4.74 Å². The maximum absolute atomic E-state index is 7.29. The van der Waals surface area contributed by atoms with Crippen molar-refractivity contribution >= 4 is 11.9 Å². The summed E-state index contributed by atoms with van der Waals surface area (Å²) in [6.07, 6.45) is 1.24. The zero-order valence-electron chi connectivity index (χ0n) is 10.3. The third-order valence-corrected chi connectivity index (χ3v) is 2.77. The monoisotopic (exact) mass is 240 g/mol. The first-order valence-electron chi connectivity index (χ1n) is 5.78. The predicted molar refractivity (Wildman–Crippen MR) is 74.3 cm³/mol. The number of nitrogen functional groups attached to an aromatic ring is 1. The van der Waals surface area contributed by atoms with Crippen molar-refractivity contribution in [3.8, 4) is 5.75 Å². The average Bonchev–Trinajstić information content (AvgIpc) is 2.39. The van der Waals surface area contributed by atoms with E-state index in [0.717, 1.165) is 16.9 Å². The summed E-state index contributed by atoms with van der Waals surface area (Å²) < 4.78 is 5.76. The first-order chi connectivity index (χ1) is 8.70.